The summed E-state index contributed by atoms with van der Waals surface area (Å²) in [4.78, 5) is 39.0. The molecule has 0 radical (unpaired) electrons. The van der Waals surface area contributed by atoms with Gasteiger partial charge in [0.2, 0.25) is 0 Å². The fraction of sp³-hybridized carbons (Fsp3) is 0.381. The van der Waals surface area contributed by atoms with E-state index >= 15 is 0 Å². The summed E-state index contributed by atoms with van der Waals surface area (Å²) in [5.74, 6) is -1.31. The highest BCUT2D eigenvalue weighted by Crippen LogP contribution is 2.37. The molecule has 0 aromatic heterocycles. The van der Waals surface area contributed by atoms with E-state index in [1.807, 2.05) is 37.3 Å². The number of carboxylic acids is 1. The lowest BCUT2D eigenvalue weighted by Crippen LogP contribution is -2.60. The predicted molar refractivity (Wildman–Crippen MR) is 102 cm³/mol. The lowest BCUT2D eigenvalue weighted by molar-refractivity contribution is -0.858. The molecule has 4 rings (SSSR count). The summed E-state index contributed by atoms with van der Waals surface area (Å²) in [5, 5.41) is 11.1. The SMILES string of the molecule is CC[N+]1(C(=O)CN2C(=O)c3cccc4cccc2c34)CCC(C(=O)O)CC1. The first-order chi connectivity index (χ1) is 13.0. The zero-order valence-electron chi connectivity index (χ0n) is 15.4. The summed E-state index contributed by atoms with van der Waals surface area (Å²) in [6.07, 6.45) is 0.997. The standard InChI is InChI=1S/C21H22N2O4/c1-2-23(11-9-15(10-12-23)21(26)27)18(24)13-22-17-8-4-6-14-5-3-7-16(19(14)17)20(22)25/h3-8,15H,2,9-13H2,1H3/p+1. The lowest BCUT2D eigenvalue weighted by Gasteiger charge is -2.40. The van der Waals surface area contributed by atoms with Gasteiger partial charge in [0.25, 0.3) is 5.91 Å². The van der Waals surface area contributed by atoms with Crippen LogP contribution in [0.25, 0.3) is 10.8 Å². The number of likely N-dealkylation sites (tertiary alicyclic amines) is 1. The van der Waals surface area contributed by atoms with Crippen molar-refractivity contribution in [2.45, 2.75) is 19.8 Å². The lowest BCUT2D eigenvalue weighted by atomic mass is 9.94. The normalized spacial score (nSPS) is 24.4. The molecule has 140 valence electrons. The van der Waals surface area contributed by atoms with Gasteiger partial charge in [-0.25, -0.2) is 4.79 Å². The Balaban J connectivity index is 1.59. The fourth-order valence-corrected chi connectivity index (χ4v) is 4.47. The van der Waals surface area contributed by atoms with Crippen molar-refractivity contribution in [3.8, 4) is 0 Å². The Bertz CT molecular complexity index is 939. The number of benzene rings is 2. The number of likely N-dealkylation sites (N-methyl/N-ethyl adjacent to an activating group) is 1. The first-order valence-corrected chi connectivity index (χ1v) is 9.43. The van der Waals surface area contributed by atoms with Gasteiger partial charge in [0.1, 0.15) is 6.54 Å². The molecule has 2 aliphatic rings. The maximum atomic E-state index is 13.2. The number of nitrogens with zero attached hydrogens (tertiary/aromatic N) is 2. The van der Waals surface area contributed by atoms with E-state index in [-0.39, 0.29) is 28.8 Å². The number of aliphatic carboxylic acids is 1. The Morgan fingerprint density at radius 2 is 1.81 bits per heavy atom. The number of carbonyl (C=O) groups is 3. The molecule has 27 heavy (non-hydrogen) atoms. The van der Waals surface area contributed by atoms with E-state index < -0.39 is 5.97 Å². The van der Waals surface area contributed by atoms with Crippen molar-refractivity contribution in [3.63, 3.8) is 0 Å². The molecule has 1 N–H and O–H groups in total. The van der Waals surface area contributed by atoms with Gasteiger partial charge in [-0.1, -0.05) is 24.3 Å². The van der Waals surface area contributed by atoms with Crippen molar-refractivity contribution in [2.24, 2.45) is 5.92 Å². The van der Waals surface area contributed by atoms with E-state index in [1.165, 1.54) is 0 Å². The van der Waals surface area contributed by atoms with Gasteiger partial charge in [-0.15, -0.1) is 0 Å². The van der Waals surface area contributed by atoms with Gasteiger partial charge in [-0.3, -0.25) is 19.0 Å². The predicted octanol–water partition coefficient (Wildman–Crippen LogP) is 2.66. The summed E-state index contributed by atoms with van der Waals surface area (Å²) in [6.45, 7) is 3.64. The first-order valence-electron chi connectivity index (χ1n) is 9.43. The average molecular weight is 367 g/mol. The minimum absolute atomic E-state index is 0.0144. The van der Waals surface area contributed by atoms with E-state index in [0.717, 1.165) is 16.5 Å². The summed E-state index contributed by atoms with van der Waals surface area (Å²) < 4.78 is 0.250. The molecule has 2 aliphatic heterocycles. The Morgan fingerprint density at radius 3 is 2.44 bits per heavy atom. The van der Waals surface area contributed by atoms with Crippen molar-refractivity contribution in [1.29, 1.82) is 0 Å². The van der Waals surface area contributed by atoms with Crippen molar-refractivity contribution in [1.82, 2.24) is 0 Å². The van der Waals surface area contributed by atoms with Crippen LogP contribution >= 0.6 is 0 Å². The Labute approximate surface area is 157 Å². The molecule has 6 nitrogen and oxygen atoms in total. The van der Waals surface area contributed by atoms with Crippen LogP contribution in [-0.2, 0) is 9.59 Å². The second-order valence-electron chi connectivity index (χ2n) is 7.49. The van der Waals surface area contributed by atoms with E-state index in [4.69, 9.17) is 0 Å². The zero-order chi connectivity index (χ0) is 19.2. The highest BCUT2D eigenvalue weighted by atomic mass is 16.4. The molecule has 0 atom stereocenters. The molecular formula is C21H23N2O4+. The number of carboxylic acid groups (broad SMARTS) is 1. The highest BCUT2D eigenvalue weighted by Gasteiger charge is 2.43. The van der Waals surface area contributed by atoms with E-state index in [2.05, 4.69) is 0 Å². The highest BCUT2D eigenvalue weighted by molar-refractivity contribution is 6.25. The molecule has 1 saturated heterocycles. The molecule has 6 heteroatoms. The summed E-state index contributed by atoms with van der Waals surface area (Å²) in [5.41, 5.74) is 1.43. The van der Waals surface area contributed by atoms with Crippen LogP contribution in [0.2, 0.25) is 0 Å². The molecule has 2 amide bonds. The Hall–Kier alpha value is -2.73. The molecule has 0 unspecified atom stereocenters. The van der Waals surface area contributed by atoms with Crippen LogP contribution in [0.5, 0.6) is 0 Å². The van der Waals surface area contributed by atoms with Crippen LogP contribution in [0.15, 0.2) is 36.4 Å². The number of anilines is 1. The third kappa shape index (κ3) is 2.72. The third-order valence-corrected chi connectivity index (χ3v) is 6.24. The molecule has 2 aromatic carbocycles. The number of hydrogen-bond donors (Lipinski definition) is 1. The van der Waals surface area contributed by atoms with Crippen LogP contribution in [0.1, 0.15) is 30.1 Å². The topological polar surface area (TPSA) is 74.7 Å². The number of rotatable bonds is 4. The number of piperidine rings is 1. The van der Waals surface area contributed by atoms with E-state index in [1.54, 1.807) is 11.0 Å². The van der Waals surface area contributed by atoms with Gasteiger partial charge in [-0.05, 0) is 24.4 Å². The molecule has 0 bridgehead atoms. The third-order valence-electron chi connectivity index (χ3n) is 6.24. The number of amides is 2. The Morgan fingerprint density at radius 1 is 1.15 bits per heavy atom. The summed E-state index contributed by atoms with van der Waals surface area (Å²) >= 11 is 0. The first kappa shape index (κ1) is 17.7. The van der Waals surface area contributed by atoms with E-state index in [0.29, 0.717) is 38.0 Å². The maximum Gasteiger partial charge on any atom is 0.333 e. The van der Waals surface area contributed by atoms with Crippen LogP contribution < -0.4 is 4.90 Å². The minimum Gasteiger partial charge on any atom is -0.481 e. The molecular weight excluding hydrogens is 344 g/mol. The monoisotopic (exact) mass is 367 g/mol. The summed E-state index contributed by atoms with van der Waals surface area (Å²) in [6, 6.07) is 11.4. The Kier molecular flexibility index (Phi) is 4.23. The van der Waals surface area contributed by atoms with Gasteiger partial charge < -0.3 is 5.11 Å². The number of quaternary nitrogens is 1. The molecule has 0 saturated carbocycles. The van der Waals surface area contributed by atoms with Crippen molar-refractivity contribution in [3.05, 3.63) is 42.0 Å². The van der Waals surface area contributed by atoms with Crippen LogP contribution in [0.3, 0.4) is 0 Å². The van der Waals surface area contributed by atoms with Crippen LogP contribution in [-0.4, -0.2) is 53.6 Å². The molecule has 0 spiro atoms. The quantitative estimate of drug-likeness (QED) is 0.843. The maximum absolute atomic E-state index is 13.2. The van der Waals surface area contributed by atoms with Crippen LogP contribution in [0.4, 0.5) is 5.69 Å². The zero-order valence-corrected chi connectivity index (χ0v) is 15.4. The van der Waals surface area contributed by atoms with Gasteiger partial charge in [0.15, 0.2) is 0 Å². The molecule has 1 fully saturated rings. The molecule has 2 aromatic rings. The smallest absolute Gasteiger partial charge is 0.333 e. The number of carbonyl (C=O) groups excluding carboxylic acids is 2. The molecule has 0 aliphatic carbocycles. The molecule has 2 heterocycles. The van der Waals surface area contributed by atoms with Crippen molar-refractivity contribution < 1.29 is 24.0 Å². The second-order valence-corrected chi connectivity index (χ2v) is 7.49. The largest absolute Gasteiger partial charge is 0.481 e. The van der Waals surface area contributed by atoms with Crippen molar-refractivity contribution >= 4 is 34.2 Å². The minimum atomic E-state index is -0.784. The van der Waals surface area contributed by atoms with E-state index in [9.17, 15) is 19.5 Å². The van der Waals surface area contributed by atoms with Gasteiger partial charge in [0, 0.05) is 23.8 Å². The average Bonchev–Trinajstić information content (AvgIpc) is 2.96. The number of hydrogen-bond acceptors (Lipinski definition) is 3. The van der Waals surface area contributed by atoms with Gasteiger partial charge >= 0.3 is 11.9 Å². The van der Waals surface area contributed by atoms with Crippen LogP contribution in [0, 0.1) is 5.92 Å². The van der Waals surface area contributed by atoms with Gasteiger partial charge in [0.05, 0.1) is 31.2 Å². The fourth-order valence-electron chi connectivity index (χ4n) is 4.47. The summed E-state index contributed by atoms with van der Waals surface area (Å²) in [7, 11) is 0. The van der Waals surface area contributed by atoms with Gasteiger partial charge in [-0.2, -0.15) is 0 Å². The van der Waals surface area contributed by atoms with Crippen molar-refractivity contribution in [2.75, 3.05) is 31.1 Å². The second kappa shape index (κ2) is 6.46.